The van der Waals surface area contributed by atoms with Crippen molar-refractivity contribution in [3.8, 4) is 0 Å². The number of aryl methyl sites for hydroxylation is 1. The monoisotopic (exact) mass is 272 g/mol. The highest BCUT2D eigenvalue weighted by molar-refractivity contribution is 5.96. The van der Waals surface area contributed by atoms with E-state index in [0.29, 0.717) is 5.69 Å². The minimum Gasteiger partial charge on any atom is -0.374 e. The standard InChI is InChI=1S/C16H17FN2O/c1-11-5-3-4-6-15(11)18-12(2)16(20)19-14-9-7-13(17)8-10-14/h3-10,12,18H,1-2H3,(H,19,20). The van der Waals surface area contributed by atoms with Crippen LogP contribution in [0.25, 0.3) is 0 Å². The van der Waals surface area contributed by atoms with Gasteiger partial charge in [0, 0.05) is 11.4 Å². The summed E-state index contributed by atoms with van der Waals surface area (Å²) in [6.45, 7) is 3.76. The quantitative estimate of drug-likeness (QED) is 0.893. The molecule has 3 nitrogen and oxygen atoms in total. The summed E-state index contributed by atoms with van der Waals surface area (Å²) in [6, 6.07) is 13.1. The van der Waals surface area contributed by atoms with Gasteiger partial charge in [0.05, 0.1) is 0 Å². The number of anilines is 2. The van der Waals surface area contributed by atoms with Crippen molar-refractivity contribution in [2.45, 2.75) is 19.9 Å². The van der Waals surface area contributed by atoms with Crippen molar-refractivity contribution < 1.29 is 9.18 Å². The lowest BCUT2D eigenvalue weighted by molar-refractivity contribution is -0.116. The molecular formula is C16H17FN2O. The van der Waals surface area contributed by atoms with Crippen LogP contribution in [-0.4, -0.2) is 11.9 Å². The van der Waals surface area contributed by atoms with E-state index in [9.17, 15) is 9.18 Å². The number of hydrogen-bond acceptors (Lipinski definition) is 2. The van der Waals surface area contributed by atoms with Gasteiger partial charge in [-0.25, -0.2) is 4.39 Å². The summed E-state index contributed by atoms with van der Waals surface area (Å²) in [5, 5.41) is 5.90. The summed E-state index contributed by atoms with van der Waals surface area (Å²) in [6.07, 6.45) is 0. The Bertz CT molecular complexity index is 596. The lowest BCUT2D eigenvalue weighted by atomic mass is 10.2. The van der Waals surface area contributed by atoms with Crippen molar-refractivity contribution in [2.24, 2.45) is 0 Å². The maximum atomic E-state index is 12.8. The van der Waals surface area contributed by atoms with E-state index >= 15 is 0 Å². The molecule has 0 bridgehead atoms. The predicted molar refractivity (Wildman–Crippen MR) is 79.3 cm³/mol. The zero-order chi connectivity index (χ0) is 14.5. The van der Waals surface area contributed by atoms with Crippen molar-refractivity contribution in [1.29, 1.82) is 0 Å². The number of benzene rings is 2. The first-order valence-electron chi connectivity index (χ1n) is 6.45. The Morgan fingerprint density at radius 1 is 1.10 bits per heavy atom. The van der Waals surface area contributed by atoms with Crippen LogP contribution < -0.4 is 10.6 Å². The Morgan fingerprint density at radius 3 is 2.40 bits per heavy atom. The number of carbonyl (C=O) groups excluding carboxylic acids is 1. The second-order valence-corrected chi connectivity index (χ2v) is 4.68. The minimum absolute atomic E-state index is 0.167. The molecule has 0 aromatic heterocycles. The number of nitrogens with one attached hydrogen (secondary N) is 2. The molecule has 0 aliphatic carbocycles. The van der Waals surface area contributed by atoms with Gasteiger partial charge in [0.15, 0.2) is 0 Å². The first-order valence-corrected chi connectivity index (χ1v) is 6.45. The van der Waals surface area contributed by atoms with Crippen molar-refractivity contribution >= 4 is 17.3 Å². The van der Waals surface area contributed by atoms with Crippen molar-refractivity contribution in [3.63, 3.8) is 0 Å². The van der Waals surface area contributed by atoms with Gasteiger partial charge in [-0.15, -0.1) is 0 Å². The van der Waals surface area contributed by atoms with E-state index < -0.39 is 0 Å². The lowest BCUT2D eigenvalue weighted by Crippen LogP contribution is -2.32. The van der Waals surface area contributed by atoms with Crippen LogP contribution in [0.3, 0.4) is 0 Å². The third-order valence-corrected chi connectivity index (χ3v) is 3.02. The van der Waals surface area contributed by atoms with E-state index in [0.717, 1.165) is 11.3 Å². The number of rotatable bonds is 4. The van der Waals surface area contributed by atoms with Crippen LogP contribution in [0.5, 0.6) is 0 Å². The molecule has 2 N–H and O–H groups in total. The van der Waals surface area contributed by atoms with Gasteiger partial charge in [0.2, 0.25) is 5.91 Å². The van der Waals surface area contributed by atoms with Gasteiger partial charge in [-0.05, 0) is 49.7 Å². The van der Waals surface area contributed by atoms with E-state index in [1.54, 1.807) is 6.92 Å². The molecule has 1 atom stereocenters. The molecule has 0 heterocycles. The van der Waals surface area contributed by atoms with Gasteiger partial charge >= 0.3 is 0 Å². The van der Waals surface area contributed by atoms with Gasteiger partial charge in [-0.1, -0.05) is 18.2 Å². The van der Waals surface area contributed by atoms with E-state index in [-0.39, 0.29) is 17.8 Å². The molecule has 0 saturated carbocycles. The number of amides is 1. The molecule has 1 amide bonds. The molecule has 4 heteroatoms. The molecule has 2 rings (SSSR count). The van der Waals surface area contributed by atoms with Crippen LogP contribution in [0.4, 0.5) is 15.8 Å². The molecule has 0 aliphatic heterocycles. The van der Waals surface area contributed by atoms with Crippen molar-refractivity contribution in [3.05, 3.63) is 59.9 Å². The van der Waals surface area contributed by atoms with E-state index in [2.05, 4.69) is 10.6 Å². The summed E-state index contributed by atoms with van der Waals surface area (Å²) in [7, 11) is 0. The number of para-hydroxylation sites is 1. The maximum absolute atomic E-state index is 12.8. The minimum atomic E-state index is -0.388. The highest BCUT2D eigenvalue weighted by atomic mass is 19.1. The average Bonchev–Trinajstić information content (AvgIpc) is 2.44. The predicted octanol–water partition coefficient (Wildman–Crippen LogP) is 3.57. The first kappa shape index (κ1) is 14.1. The van der Waals surface area contributed by atoms with Gasteiger partial charge in [-0.3, -0.25) is 4.79 Å². The van der Waals surface area contributed by atoms with Crippen molar-refractivity contribution in [1.82, 2.24) is 0 Å². The molecule has 1 unspecified atom stereocenters. The normalized spacial score (nSPS) is 11.8. The van der Waals surface area contributed by atoms with E-state index in [1.165, 1.54) is 24.3 Å². The molecule has 0 fully saturated rings. The molecule has 104 valence electrons. The summed E-state index contributed by atoms with van der Waals surface area (Å²) in [4.78, 5) is 12.0. The molecule has 0 spiro atoms. The van der Waals surface area contributed by atoms with E-state index in [1.807, 2.05) is 31.2 Å². The summed E-state index contributed by atoms with van der Waals surface area (Å²) < 4.78 is 12.8. The van der Waals surface area contributed by atoms with Crippen molar-refractivity contribution in [2.75, 3.05) is 10.6 Å². The molecular weight excluding hydrogens is 255 g/mol. The Hall–Kier alpha value is -2.36. The maximum Gasteiger partial charge on any atom is 0.246 e. The fourth-order valence-electron chi connectivity index (χ4n) is 1.82. The SMILES string of the molecule is Cc1ccccc1NC(C)C(=O)Nc1ccc(F)cc1. The average molecular weight is 272 g/mol. The third kappa shape index (κ3) is 3.57. The van der Waals surface area contributed by atoms with Crippen LogP contribution >= 0.6 is 0 Å². The van der Waals surface area contributed by atoms with Gasteiger partial charge in [0.1, 0.15) is 11.9 Å². The topological polar surface area (TPSA) is 41.1 Å². The van der Waals surface area contributed by atoms with Gasteiger partial charge < -0.3 is 10.6 Å². The second-order valence-electron chi connectivity index (χ2n) is 4.68. The van der Waals surface area contributed by atoms with Crippen LogP contribution in [0.1, 0.15) is 12.5 Å². The summed E-state index contributed by atoms with van der Waals surface area (Å²) in [5.41, 5.74) is 2.58. The zero-order valence-corrected chi connectivity index (χ0v) is 11.5. The molecule has 20 heavy (non-hydrogen) atoms. The smallest absolute Gasteiger partial charge is 0.246 e. The van der Waals surface area contributed by atoms with E-state index in [4.69, 9.17) is 0 Å². The Morgan fingerprint density at radius 2 is 1.75 bits per heavy atom. The number of carbonyl (C=O) groups is 1. The first-order chi connectivity index (χ1) is 9.56. The highest BCUT2D eigenvalue weighted by Crippen LogP contribution is 2.15. The lowest BCUT2D eigenvalue weighted by Gasteiger charge is -2.16. The van der Waals surface area contributed by atoms with Crippen LogP contribution in [0.2, 0.25) is 0 Å². The third-order valence-electron chi connectivity index (χ3n) is 3.02. The number of hydrogen-bond donors (Lipinski definition) is 2. The zero-order valence-electron chi connectivity index (χ0n) is 11.5. The Labute approximate surface area is 117 Å². The number of halogens is 1. The fraction of sp³-hybridized carbons (Fsp3) is 0.188. The Kier molecular flexibility index (Phi) is 4.35. The molecule has 2 aromatic carbocycles. The summed E-state index contributed by atoms with van der Waals surface area (Å²) >= 11 is 0. The van der Waals surface area contributed by atoms with Gasteiger partial charge in [0.25, 0.3) is 0 Å². The van der Waals surface area contributed by atoms with Crippen LogP contribution in [0, 0.1) is 12.7 Å². The largest absolute Gasteiger partial charge is 0.374 e. The molecule has 0 radical (unpaired) electrons. The molecule has 0 saturated heterocycles. The fourth-order valence-corrected chi connectivity index (χ4v) is 1.82. The van der Waals surface area contributed by atoms with Crippen LogP contribution in [-0.2, 0) is 4.79 Å². The highest BCUT2D eigenvalue weighted by Gasteiger charge is 2.13. The second kappa shape index (κ2) is 6.19. The molecule has 2 aromatic rings. The van der Waals surface area contributed by atoms with Crippen LogP contribution in [0.15, 0.2) is 48.5 Å². The Balaban J connectivity index is 1.99. The van der Waals surface area contributed by atoms with Gasteiger partial charge in [-0.2, -0.15) is 0 Å². The molecule has 0 aliphatic rings. The summed E-state index contributed by atoms with van der Waals surface area (Å²) in [5.74, 6) is -0.492.